The van der Waals surface area contributed by atoms with E-state index in [9.17, 15) is 0 Å². The van der Waals surface area contributed by atoms with Crippen LogP contribution in [0.5, 0.6) is 0 Å². The van der Waals surface area contributed by atoms with Gasteiger partial charge in [-0.25, -0.2) is 0 Å². The Morgan fingerprint density at radius 2 is 2.00 bits per heavy atom. The molecule has 2 aromatic rings. The van der Waals surface area contributed by atoms with E-state index in [0.717, 1.165) is 30.3 Å². The summed E-state index contributed by atoms with van der Waals surface area (Å²) in [5, 5.41) is 7.92. The van der Waals surface area contributed by atoms with Gasteiger partial charge < -0.3 is 20.0 Å². The van der Waals surface area contributed by atoms with Crippen molar-refractivity contribution in [2.75, 3.05) is 33.2 Å². The first kappa shape index (κ1) is 16.8. The third kappa shape index (κ3) is 4.09. The van der Waals surface area contributed by atoms with Gasteiger partial charge in [-0.05, 0) is 51.9 Å². The Kier molecular flexibility index (Phi) is 5.75. The van der Waals surface area contributed by atoms with Gasteiger partial charge in [0.15, 0.2) is 5.96 Å². The number of hydrogen-bond acceptors (Lipinski definition) is 3. The number of guanidine groups is 1. The summed E-state index contributed by atoms with van der Waals surface area (Å²) in [6.45, 7) is 7.39. The summed E-state index contributed by atoms with van der Waals surface area (Å²) in [6.07, 6.45) is 3.85. The van der Waals surface area contributed by atoms with Crippen LogP contribution in [-0.2, 0) is 6.54 Å². The van der Waals surface area contributed by atoms with Crippen LogP contribution in [0.25, 0.3) is 11.0 Å². The summed E-state index contributed by atoms with van der Waals surface area (Å²) in [4.78, 5) is 6.83. The number of likely N-dealkylation sites (tertiary alicyclic amines) is 1. The molecule has 0 atom stereocenters. The van der Waals surface area contributed by atoms with Crippen molar-refractivity contribution in [3.8, 4) is 0 Å². The molecule has 0 spiro atoms. The highest BCUT2D eigenvalue weighted by Gasteiger charge is 2.11. The van der Waals surface area contributed by atoms with E-state index in [1.807, 2.05) is 18.2 Å². The average molecular weight is 328 g/mol. The summed E-state index contributed by atoms with van der Waals surface area (Å²) in [5.74, 6) is 1.80. The van der Waals surface area contributed by atoms with Crippen LogP contribution in [0.15, 0.2) is 33.7 Å². The van der Waals surface area contributed by atoms with Crippen molar-refractivity contribution in [1.82, 2.24) is 15.5 Å². The van der Waals surface area contributed by atoms with E-state index in [0.29, 0.717) is 6.54 Å². The largest absolute Gasteiger partial charge is 0.459 e. The summed E-state index contributed by atoms with van der Waals surface area (Å²) in [6, 6.07) is 8.16. The molecule has 5 heteroatoms. The number of fused-ring (bicyclic) bond motifs is 1. The molecule has 2 heterocycles. The molecule has 0 radical (unpaired) electrons. The molecule has 0 unspecified atom stereocenters. The molecule has 2 N–H and O–H groups in total. The Morgan fingerprint density at radius 1 is 1.21 bits per heavy atom. The van der Waals surface area contributed by atoms with Crippen molar-refractivity contribution < 1.29 is 4.42 Å². The van der Waals surface area contributed by atoms with Crippen LogP contribution in [0.4, 0.5) is 0 Å². The van der Waals surface area contributed by atoms with E-state index in [1.54, 1.807) is 7.05 Å². The highest BCUT2D eigenvalue weighted by molar-refractivity contribution is 5.82. The minimum absolute atomic E-state index is 0.645. The predicted molar refractivity (Wildman–Crippen MR) is 99.4 cm³/mol. The zero-order chi connectivity index (χ0) is 16.8. The van der Waals surface area contributed by atoms with Gasteiger partial charge in [-0.1, -0.05) is 18.2 Å². The van der Waals surface area contributed by atoms with Crippen LogP contribution in [0.1, 0.15) is 30.6 Å². The predicted octanol–water partition coefficient (Wildman–Crippen LogP) is 2.89. The van der Waals surface area contributed by atoms with Crippen molar-refractivity contribution in [1.29, 1.82) is 0 Å². The zero-order valence-corrected chi connectivity index (χ0v) is 14.8. The fourth-order valence-corrected chi connectivity index (χ4v) is 3.29. The summed E-state index contributed by atoms with van der Waals surface area (Å²) in [5.41, 5.74) is 2.14. The maximum absolute atomic E-state index is 5.93. The second-order valence-electron chi connectivity index (χ2n) is 6.40. The molecule has 0 saturated carbocycles. The van der Waals surface area contributed by atoms with Crippen molar-refractivity contribution in [2.24, 2.45) is 4.99 Å². The number of para-hydroxylation sites is 1. The van der Waals surface area contributed by atoms with E-state index in [4.69, 9.17) is 4.42 Å². The molecule has 1 saturated heterocycles. The van der Waals surface area contributed by atoms with Gasteiger partial charge >= 0.3 is 0 Å². The fourth-order valence-electron chi connectivity index (χ4n) is 3.29. The lowest BCUT2D eigenvalue weighted by Crippen LogP contribution is -2.38. The van der Waals surface area contributed by atoms with E-state index in [1.165, 1.54) is 43.4 Å². The Labute approximate surface area is 144 Å². The molecule has 0 aliphatic carbocycles. The molecule has 1 fully saturated rings. The van der Waals surface area contributed by atoms with Gasteiger partial charge in [-0.3, -0.25) is 4.99 Å². The maximum Gasteiger partial charge on any atom is 0.191 e. The Bertz CT molecular complexity index is 686. The minimum Gasteiger partial charge on any atom is -0.459 e. The van der Waals surface area contributed by atoms with E-state index < -0.39 is 0 Å². The van der Waals surface area contributed by atoms with Crippen molar-refractivity contribution in [3.05, 3.63) is 35.6 Å². The first-order valence-electron chi connectivity index (χ1n) is 8.92. The lowest BCUT2D eigenvalue weighted by molar-refractivity contribution is 0.334. The quantitative estimate of drug-likeness (QED) is 0.486. The van der Waals surface area contributed by atoms with Crippen molar-refractivity contribution >= 4 is 16.9 Å². The van der Waals surface area contributed by atoms with Crippen LogP contribution in [0, 0.1) is 6.92 Å². The summed E-state index contributed by atoms with van der Waals surface area (Å²) >= 11 is 0. The lowest BCUT2D eigenvalue weighted by Gasteiger charge is -2.15. The van der Waals surface area contributed by atoms with Gasteiger partial charge in [-0.15, -0.1) is 0 Å². The van der Waals surface area contributed by atoms with Crippen LogP contribution < -0.4 is 10.6 Å². The molecule has 1 aromatic carbocycles. The van der Waals surface area contributed by atoms with Gasteiger partial charge in [0.2, 0.25) is 0 Å². The minimum atomic E-state index is 0.645. The van der Waals surface area contributed by atoms with Crippen LogP contribution in [0.3, 0.4) is 0 Å². The molecule has 5 nitrogen and oxygen atoms in total. The molecule has 130 valence electrons. The monoisotopic (exact) mass is 328 g/mol. The molecule has 0 amide bonds. The van der Waals surface area contributed by atoms with Crippen LogP contribution in [-0.4, -0.2) is 44.1 Å². The smallest absolute Gasteiger partial charge is 0.191 e. The normalized spacial score (nSPS) is 16.0. The molecule has 24 heavy (non-hydrogen) atoms. The SMILES string of the molecule is CN=C(NCCCN1CCCC1)NCc1oc2ccccc2c1C. The maximum atomic E-state index is 5.93. The molecular formula is C19H28N4O. The van der Waals surface area contributed by atoms with Crippen LogP contribution >= 0.6 is 0 Å². The number of benzene rings is 1. The van der Waals surface area contributed by atoms with Crippen LogP contribution in [0.2, 0.25) is 0 Å². The molecular weight excluding hydrogens is 300 g/mol. The number of aryl methyl sites for hydroxylation is 1. The summed E-state index contributed by atoms with van der Waals surface area (Å²) < 4.78 is 5.93. The van der Waals surface area contributed by atoms with E-state index >= 15 is 0 Å². The molecule has 1 aliphatic rings. The number of furan rings is 1. The van der Waals surface area contributed by atoms with Gasteiger partial charge in [0, 0.05) is 24.5 Å². The first-order valence-corrected chi connectivity index (χ1v) is 8.92. The lowest BCUT2D eigenvalue weighted by atomic mass is 10.1. The first-order chi connectivity index (χ1) is 11.8. The standard InChI is InChI=1S/C19H28N4O/c1-15-16-8-3-4-9-17(16)24-18(15)14-22-19(20-2)21-10-7-13-23-11-5-6-12-23/h3-4,8-9H,5-7,10-14H2,1-2H3,(H2,20,21,22). The number of hydrogen-bond donors (Lipinski definition) is 2. The third-order valence-electron chi connectivity index (χ3n) is 4.72. The molecule has 1 aliphatic heterocycles. The molecule has 3 rings (SSSR count). The van der Waals surface area contributed by atoms with Gasteiger partial charge in [0.1, 0.15) is 11.3 Å². The zero-order valence-electron chi connectivity index (χ0n) is 14.8. The fraction of sp³-hybridized carbons (Fsp3) is 0.526. The third-order valence-corrected chi connectivity index (χ3v) is 4.72. The van der Waals surface area contributed by atoms with E-state index in [2.05, 4.69) is 33.5 Å². The number of nitrogens with one attached hydrogen (secondary N) is 2. The Hall–Kier alpha value is -2.01. The van der Waals surface area contributed by atoms with Gasteiger partial charge in [0.25, 0.3) is 0 Å². The van der Waals surface area contributed by atoms with E-state index in [-0.39, 0.29) is 0 Å². The molecule has 1 aromatic heterocycles. The van der Waals surface area contributed by atoms with Crippen molar-refractivity contribution in [3.63, 3.8) is 0 Å². The number of aliphatic imine (C=N–C) groups is 1. The highest BCUT2D eigenvalue weighted by atomic mass is 16.3. The van der Waals surface area contributed by atoms with Crippen molar-refractivity contribution in [2.45, 2.75) is 32.7 Å². The Morgan fingerprint density at radius 3 is 2.75 bits per heavy atom. The average Bonchev–Trinajstić information content (AvgIpc) is 3.23. The second-order valence-corrected chi connectivity index (χ2v) is 6.40. The molecule has 0 bridgehead atoms. The Balaban J connectivity index is 1.45. The number of rotatable bonds is 6. The second kappa shape index (κ2) is 8.20. The van der Waals surface area contributed by atoms with Gasteiger partial charge in [0.05, 0.1) is 6.54 Å². The number of nitrogens with zero attached hydrogens (tertiary/aromatic N) is 2. The van der Waals surface area contributed by atoms with Gasteiger partial charge in [-0.2, -0.15) is 0 Å². The highest BCUT2D eigenvalue weighted by Crippen LogP contribution is 2.24. The topological polar surface area (TPSA) is 52.8 Å². The summed E-state index contributed by atoms with van der Waals surface area (Å²) in [7, 11) is 1.81.